The maximum absolute atomic E-state index is 14.0. The highest BCUT2D eigenvalue weighted by Crippen LogP contribution is 2.28. The Morgan fingerprint density at radius 3 is 2.31 bits per heavy atom. The van der Waals surface area contributed by atoms with Gasteiger partial charge in [-0.2, -0.15) is 0 Å². The molecular weight excluding hydrogens is 561 g/mol. The number of carbonyl (C=O) groups is 2. The number of ether oxygens (including phenoxy) is 1. The Morgan fingerprint density at radius 1 is 0.974 bits per heavy atom. The molecule has 208 valence electrons. The summed E-state index contributed by atoms with van der Waals surface area (Å²) in [7, 11) is -2.70. The lowest BCUT2D eigenvalue weighted by molar-refractivity contribution is -0.140. The first-order valence-corrected chi connectivity index (χ1v) is 14.5. The lowest BCUT2D eigenvalue weighted by Gasteiger charge is -2.33. The van der Waals surface area contributed by atoms with Crippen LogP contribution in [0.5, 0.6) is 5.75 Å². The lowest BCUT2D eigenvalue weighted by atomic mass is 10.1. The number of hydrogen-bond donors (Lipinski definition) is 1. The second-order valence-corrected chi connectivity index (χ2v) is 11.3. The van der Waals surface area contributed by atoms with Gasteiger partial charge in [0, 0.05) is 29.2 Å². The van der Waals surface area contributed by atoms with Gasteiger partial charge in [-0.05, 0) is 55.3 Å². The molecule has 0 bridgehead atoms. The van der Waals surface area contributed by atoms with E-state index in [0.717, 1.165) is 4.31 Å². The Balaban J connectivity index is 2.09. The van der Waals surface area contributed by atoms with Crippen LogP contribution in [0.1, 0.15) is 25.8 Å². The average molecular weight is 593 g/mol. The third-order valence-corrected chi connectivity index (χ3v) is 8.42. The van der Waals surface area contributed by atoms with Crippen LogP contribution in [0.2, 0.25) is 10.0 Å². The Labute approximate surface area is 239 Å². The number of sulfonamides is 1. The van der Waals surface area contributed by atoms with Gasteiger partial charge in [0.05, 0.1) is 17.7 Å². The number of halogens is 2. The first kappa shape index (κ1) is 30.3. The molecule has 0 aromatic heterocycles. The first-order valence-electron chi connectivity index (χ1n) is 12.3. The molecule has 3 aromatic carbocycles. The molecule has 0 saturated heterocycles. The SMILES string of the molecule is CCNC(=O)[C@H](CC)N(Cc1ccc(Cl)cc1Cl)C(=O)CN(c1cccc(OC)c1)S(=O)(=O)c1ccccc1. The van der Waals surface area contributed by atoms with Crippen LogP contribution in [-0.4, -0.2) is 51.4 Å². The van der Waals surface area contributed by atoms with Gasteiger partial charge in [0.15, 0.2) is 0 Å². The molecule has 1 N–H and O–H groups in total. The fourth-order valence-corrected chi connectivity index (χ4v) is 5.95. The number of carbonyl (C=O) groups excluding carboxylic acids is 2. The minimum absolute atomic E-state index is 0.0173. The molecule has 0 aliphatic carbocycles. The van der Waals surface area contributed by atoms with E-state index in [2.05, 4.69) is 5.32 Å². The molecule has 0 spiro atoms. The van der Waals surface area contributed by atoms with Crippen LogP contribution in [0.15, 0.2) is 77.7 Å². The van der Waals surface area contributed by atoms with Crippen LogP contribution < -0.4 is 14.4 Å². The van der Waals surface area contributed by atoms with Crippen molar-refractivity contribution in [2.75, 3.05) is 24.5 Å². The van der Waals surface area contributed by atoms with Crippen molar-refractivity contribution in [3.05, 3.63) is 88.4 Å². The molecule has 0 fully saturated rings. The van der Waals surface area contributed by atoms with Gasteiger partial charge < -0.3 is 15.0 Å². The topological polar surface area (TPSA) is 96.0 Å². The Morgan fingerprint density at radius 2 is 1.69 bits per heavy atom. The van der Waals surface area contributed by atoms with Gasteiger partial charge >= 0.3 is 0 Å². The third kappa shape index (κ3) is 7.44. The molecule has 3 aromatic rings. The van der Waals surface area contributed by atoms with E-state index < -0.39 is 28.5 Å². The number of nitrogens with zero attached hydrogens (tertiary/aromatic N) is 2. The second kappa shape index (κ2) is 13.7. The summed E-state index contributed by atoms with van der Waals surface area (Å²) in [4.78, 5) is 28.4. The number of nitrogens with one attached hydrogen (secondary N) is 1. The maximum atomic E-state index is 14.0. The van der Waals surface area contributed by atoms with Crippen molar-refractivity contribution in [3.63, 3.8) is 0 Å². The summed E-state index contributed by atoms with van der Waals surface area (Å²) in [6.45, 7) is 3.35. The standard InChI is InChI=1S/C28H31Cl2N3O5S/c1-4-26(28(35)31-5-2)32(18-20-14-15-21(29)16-25(20)30)27(34)19-33(22-10-9-11-23(17-22)38-3)39(36,37)24-12-7-6-8-13-24/h6-17,26H,4-5,18-19H2,1-3H3,(H,31,35)/t26-/m0/s1. The van der Waals surface area contributed by atoms with Crippen molar-refractivity contribution < 1.29 is 22.7 Å². The molecule has 2 amide bonds. The van der Waals surface area contributed by atoms with Gasteiger partial charge in [0.25, 0.3) is 10.0 Å². The highest BCUT2D eigenvalue weighted by Gasteiger charge is 2.34. The molecule has 11 heteroatoms. The summed E-state index contributed by atoms with van der Waals surface area (Å²) < 4.78 is 33.9. The number of benzene rings is 3. The number of hydrogen-bond acceptors (Lipinski definition) is 5. The van der Waals surface area contributed by atoms with Crippen molar-refractivity contribution >= 4 is 50.7 Å². The maximum Gasteiger partial charge on any atom is 0.264 e. The van der Waals surface area contributed by atoms with Crippen molar-refractivity contribution in [2.24, 2.45) is 0 Å². The Hall–Kier alpha value is -3.27. The van der Waals surface area contributed by atoms with Crippen molar-refractivity contribution in [1.29, 1.82) is 0 Å². The molecule has 3 rings (SSSR count). The molecule has 0 aliphatic heterocycles. The third-order valence-electron chi connectivity index (χ3n) is 6.04. The lowest BCUT2D eigenvalue weighted by Crippen LogP contribution is -2.52. The molecule has 0 saturated carbocycles. The van der Waals surface area contributed by atoms with E-state index in [9.17, 15) is 18.0 Å². The minimum atomic E-state index is -4.17. The number of rotatable bonds is 12. The van der Waals surface area contributed by atoms with Gasteiger partial charge in [-0.3, -0.25) is 13.9 Å². The number of likely N-dealkylation sites (N-methyl/N-ethyl adjacent to an activating group) is 1. The summed E-state index contributed by atoms with van der Waals surface area (Å²) in [5.41, 5.74) is 0.804. The molecule has 39 heavy (non-hydrogen) atoms. The first-order chi connectivity index (χ1) is 18.6. The van der Waals surface area contributed by atoms with E-state index in [1.165, 1.54) is 30.2 Å². The summed E-state index contributed by atoms with van der Waals surface area (Å²) >= 11 is 12.5. The summed E-state index contributed by atoms with van der Waals surface area (Å²) in [6.07, 6.45) is 0.299. The molecule has 0 aliphatic rings. The zero-order valence-electron chi connectivity index (χ0n) is 21.9. The zero-order valence-corrected chi connectivity index (χ0v) is 24.3. The minimum Gasteiger partial charge on any atom is -0.497 e. The number of amides is 2. The van der Waals surface area contributed by atoms with E-state index in [1.807, 2.05) is 0 Å². The van der Waals surface area contributed by atoms with Crippen LogP contribution >= 0.6 is 23.2 Å². The largest absolute Gasteiger partial charge is 0.497 e. The summed E-state index contributed by atoms with van der Waals surface area (Å²) in [6, 6.07) is 18.3. The van der Waals surface area contributed by atoms with Crippen molar-refractivity contribution in [3.8, 4) is 5.75 Å². The fraction of sp³-hybridized carbons (Fsp3) is 0.286. The van der Waals surface area contributed by atoms with Gasteiger partial charge in [0.1, 0.15) is 18.3 Å². The van der Waals surface area contributed by atoms with Crippen LogP contribution in [0.25, 0.3) is 0 Å². The van der Waals surface area contributed by atoms with E-state index in [-0.39, 0.29) is 23.0 Å². The normalized spacial score (nSPS) is 11.9. The summed E-state index contributed by atoms with van der Waals surface area (Å²) in [5.74, 6) is -0.509. The molecule has 1 atom stereocenters. The van der Waals surface area contributed by atoms with Crippen LogP contribution in [0, 0.1) is 0 Å². The van der Waals surface area contributed by atoms with Gasteiger partial charge in [-0.25, -0.2) is 8.42 Å². The van der Waals surface area contributed by atoms with Gasteiger partial charge in [-0.1, -0.05) is 60.5 Å². The molecule has 0 heterocycles. The highest BCUT2D eigenvalue weighted by atomic mass is 35.5. The monoisotopic (exact) mass is 591 g/mol. The zero-order chi connectivity index (χ0) is 28.6. The van der Waals surface area contributed by atoms with Gasteiger partial charge in [-0.15, -0.1) is 0 Å². The highest BCUT2D eigenvalue weighted by molar-refractivity contribution is 7.92. The van der Waals surface area contributed by atoms with E-state index in [4.69, 9.17) is 27.9 Å². The molecule has 8 nitrogen and oxygen atoms in total. The van der Waals surface area contributed by atoms with Crippen LogP contribution in [0.4, 0.5) is 5.69 Å². The molecule has 0 unspecified atom stereocenters. The fourth-order valence-electron chi connectivity index (χ4n) is 4.06. The van der Waals surface area contributed by atoms with Gasteiger partial charge in [0.2, 0.25) is 11.8 Å². The van der Waals surface area contributed by atoms with E-state index >= 15 is 0 Å². The Kier molecular flexibility index (Phi) is 10.6. The molecular formula is C28H31Cl2N3O5S. The van der Waals surface area contributed by atoms with E-state index in [1.54, 1.807) is 68.4 Å². The van der Waals surface area contributed by atoms with Crippen LogP contribution in [0.3, 0.4) is 0 Å². The number of anilines is 1. The van der Waals surface area contributed by atoms with Crippen molar-refractivity contribution in [2.45, 2.75) is 37.8 Å². The smallest absolute Gasteiger partial charge is 0.264 e. The predicted octanol–water partition coefficient (Wildman–Crippen LogP) is 5.14. The number of methoxy groups -OCH3 is 1. The quantitative estimate of drug-likeness (QED) is 0.314. The predicted molar refractivity (Wildman–Crippen MR) is 154 cm³/mol. The van der Waals surface area contributed by atoms with Crippen LogP contribution in [-0.2, 0) is 26.2 Å². The molecule has 0 radical (unpaired) electrons. The average Bonchev–Trinajstić information content (AvgIpc) is 2.93. The van der Waals surface area contributed by atoms with E-state index in [0.29, 0.717) is 34.3 Å². The second-order valence-electron chi connectivity index (χ2n) is 8.60. The van der Waals surface area contributed by atoms with Crippen molar-refractivity contribution in [1.82, 2.24) is 10.2 Å². The summed E-state index contributed by atoms with van der Waals surface area (Å²) in [5, 5.41) is 3.52. The Bertz CT molecular complexity index is 1400.